The number of carboxylic acid groups (broad SMARTS) is 1. The van der Waals surface area contributed by atoms with Crippen molar-refractivity contribution in [3.05, 3.63) is 142 Å². The fourth-order valence-corrected chi connectivity index (χ4v) is 7.39. The number of Topliss-reactive ketones (excluding diaryl/α,β-unsaturated/α-hetero) is 1. The number of rotatable bonds is 10. The van der Waals surface area contributed by atoms with Crippen LogP contribution in [0.3, 0.4) is 0 Å². The van der Waals surface area contributed by atoms with Crippen LogP contribution in [-0.2, 0) is 12.8 Å². The zero-order chi connectivity index (χ0) is 33.5. The molecule has 5 nitrogen and oxygen atoms in total. The van der Waals surface area contributed by atoms with E-state index >= 15 is 0 Å². The molecule has 0 unspecified atom stereocenters. The molecule has 0 spiro atoms. The van der Waals surface area contributed by atoms with Crippen LogP contribution in [0.5, 0.6) is 0 Å². The van der Waals surface area contributed by atoms with Gasteiger partial charge in [-0.05, 0) is 100 Å². The van der Waals surface area contributed by atoms with Crippen molar-refractivity contribution in [3.63, 3.8) is 0 Å². The Balaban J connectivity index is 1.31. The van der Waals surface area contributed by atoms with E-state index in [0.29, 0.717) is 35.9 Å². The van der Waals surface area contributed by atoms with E-state index in [9.17, 15) is 19.5 Å². The quantitative estimate of drug-likeness (QED) is 0.0938. The zero-order valence-electron chi connectivity index (χ0n) is 27.4. The van der Waals surface area contributed by atoms with Crippen LogP contribution in [0, 0.1) is 20.8 Å². The first kappa shape index (κ1) is 31.1. The van der Waals surface area contributed by atoms with Crippen LogP contribution in [0.1, 0.15) is 71.7 Å². The van der Waals surface area contributed by atoms with E-state index in [1.807, 2.05) is 55.5 Å². The molecular formula is C43H36NO4-. The number of amides is 1. The number of nitrogens with one attached hydrogen (secondary N) is 1. The van der Waals surface area contributed by atoms with Crippen molar-refractivity contribution < 1.29 is 19.5 Å². The number of hydrogen-bond donors (Lipinski definition) is 1. The van der Waals surface area contributed by atoms with Gasteiger partial charge >= 0.3 is 0 Å². The summed E-state index contributed by atoms with van der Waals surface area (Å²) < 4.78 is 0. The van der Waals surface area contributed by atoms with Gasteiger partial charge in [0.25, 0.3) is 5.91 Å². The van der Waals surface area contributed by atoms with Crippen LogP contribution in [0.15, 0.2) is 97.1 Å². The number of hydrogen-bond acceptors (Lipinski definition) is 4. The first-order valence-corrected chi connectivity index (χ1v) is 16.5. The van der Waals surface area contributed by atoms with Crippen LogP contribution in [-0.4, -0.2) is 24.2 Å². The number of benzene rings is 7. The topological polar surface area (TPSA) is 86.3 Å². The second-order valence-corrected chi connectivity index (χ2v) is 13.0. The lowest BCUT2D eigenvalue weighted by Gasteiger charge is -2.20. The Morgan fingerprint density at radius 2 is 1.12 bits per heavy atom. The first-order valence-electron chi connectivity index (χ1n) is 16.5. The van der Waals surface area contributed by atoms with E-state index in [1.165, 1.54) is 22.3 Å². The number of carboxylic acids is 1. The standard InChI is InChI=1S/C43H37NO4/c1-25-7-4-9-28(23-25)11-6-12-37(45)34-18-15-32-30-14-13-27(3)38-35(42(46)44-22-21-29-10-5-8-26(2)24-29)19-16-31(39(30)38)33-17-20-36(43(47)48)41(34)40(32)33/h4-5,7-10,13-20,23-24H,6,11-12,21-22H2,1-3H3,(H,44,46)(H,47,48)/p-1. The number of aromatic carboxylic acids is 1. The summed E-state index contributed by atoms with van der Waals surface area (Å²) in [7, 11) is 0. The normalized spacial score (nSPS) is 11.6. The monoisotopic (exact) mass is 630 g/mol. The zero-order valence-corrected chi connectivity index (χ0v) is 27.4. The number of aryl methyl sites for hydroxylation is 4. The third kappa shape index (κ3) is 5.56. The van der Waals surface area contributed by atoms with Crippen LogP contribution in [0.25, 0.3) is 43.1 Å². The summed E-state index contributed by atoms with van der Waals surface area (Å²) in [5, 5.41) is 22.1. The molecule has 0 aromatic heterocycles. The van der Waals surface area contributed by atoms with Crippen molar-refractivity contribution in [2.24, 2.45) is 0 Å². The summed E-state index contributed by atoms with van der Waals surface area (Å²) >= 11 is 0. The molecule has 0 bridgehead atoms. The van der Waals surface area contributed by atoms with Crippen molar-refractivity contribution in [1.29, 1.82) is 0 Å². The second-order valence-electron chi connectivity index (χ2n) is 13.0. The molecule has 0 radical (unpaired) electrons. The molecule has 1 N–H and O–H groups in total. The predicted octanol–water partition coefficient (Wildman–Crippen LogP) is 8.20. The molecule has 0 atom stereocenters. The summed E-state index contributed by atoms with van der Waals surface area (Å²) in [6, 6.07) is 31.5. The van der Waals surface area contributed by atoms with E-state index in [-0.39, 0.29) is 17.3 Å². The van der Waals surface area contributed by atoms with Gasteiger partial charge in [0.05, 0.1) is 5.97 Å². The maximum Gasteiger partial charge on any atom is 0.251 e. The van der Waals surface area contributed by atoms with Crippen LogP contribution < -0.4 is 10.4 Å². The minimum Gasteiger partial charge on any atom is -0.545 e. The van der Waals surface area contributed by atoms with E-state index in [4.69, 9.17) is 0 Å². The Hall–Kier alpha value is -5.55. The van der Waals surface area contributed by atoms with Gasteiger partial charge in [0, 0.05) is 35.0 Å². The summed E-state index contributed by atoms with van der Waals surface area (Å²) in [5.41, 5.74) is 6.70. The largest absolute Gasteiger partial charge is 0.545 e. The van der Waals surface area contributed by atoms with E-state index in [1.54, 1.807) is 12.1 Å². The van der Waals surface area contributed by atoms with Gasteiger partial charge in [-0.1, -0.05) is 102 Å². The molecule has 7 rings (SSSR count). The lowest BCUT2D eigenvalue weighted by Crippen LogP contribution is -2.26. The molecule has 0 fully saturated rings. The maximum atomic E-state index is 13.8. The lowest BCUT2D eigenvalue weighted by molar-refractivity contribution is -0.254. The molecule has 7 aromatic rings. The van der Waals surface area contributed by atoms with Gasteiger partial charge in [-0.3, -0.25) is 9.59 Å². The maximum absolute atomic E-state index is 13.8. The van der Waals surface area contributed by atoms with Crippen LogP contribution in [0.4, 0.5) is 0 Å². The van der Waals surface area contributed by atoms with Crippen molar-refractivity contribution in [2.75, 3.05) is 6.54 Å². The van der Waals surface area contributed by atoms with Gasteiger partial charge in [-0.15, -0.1) is 0 Å². The average molecular weight is 631 g/mol. The van der Waals surface area contributed by atoms with Gasteiger partial charge < -0.3 is 15.2 Å². The minimum atomic E-state index is -1.31. The van der Waals surface area contributed by atoms with Gasteiger partial charge in [0.15, 0.2) is 5.78 Å². The first-order chi connectivity index (χ1) is 23.2. The molecule has 0 saturated heterocycles. The molecule has 0 aliphatic carbocycles. The molecular weight excluding hydrogens is 594 g/mol. The number of ketones is 1. The summed E-state index contributed by atoms with van der Waals surface area (Å²) in [4.78, 5) is 39.9. The Morgan fingerprint density at radius 3 is 1.73 bits per heavy atom. The third-order valence-corrected chi connectivity index (χ3v) is 9.61. The van der Waals surface area contributed by atoms with E-state index in [2.05, 4.69) is 55.6 Å². The number of carbonyl (C=O) groups is 3. The highest BCUT2D eigenvalue weighted by molar-refractivity contribution is 6.37. The molecule has 5 heteroatoms. The Morgan fingerprint density at radius 1 is 0.583 bits per heavy atom. The summed E-state index contributed by atoms with van der Waals surface area (Å²) in [5.74, 6) is -1.54. The summed E-state index contributed by atoms with van der Waals surface area (Å²) in [6.45, 7) is 6.63. The van der Waals surface area contributed by atoms with Crippen molar-refractivity contribution in [2.45, 2.75) is 46.5 Å². The molecule has 0 saturated carbocycles. The van der Waals surface area contributed by atoms with Gasteiger partial charge in [0.1, 0.15) is 0 Å². The van der Waals surface area contributed by atoms with Gasteiger partial charge in [0.2, 0.25) is 0 Å². The molecule has 0 aliphatic heterocycles. The molecule has 0 aliphatic rings. The SMILES string of the molecule is Cc1cccc(CCCC(=O)c2ccc3c4ccc(C)c5c(C(=O)NCCc6cccc(C)c6)ccc(c6ccc(C(=O)[O-])c2c63)c54)c1. The van der Waals surface area contributed by atoms with Gasteiger partial charge in [-0.25, -0.2) is 0 Å². The van der Waals surface area contributed by atoms with Crippen molar-refractivity contribution in [1.82, 2.24) is 5.32 Å². The van der Waals surface area contributed by atoms with Crippen molar-refractivity contribution in [3.8, 4) is 0 Å². The highest BCUT2D eigenvalue weighted by Gasteiger charge is 2.23. The molecule has 48 heavy (non-hydrogen) atoms. The second kappa shape index (κ2) is 12.6. The van der Waals surface area contributed by atoms with E-state index in [0.717, 1.165) is 56.1 Å². The average Bonchev–Trinajstić information content (AvgIpc) is 3.07. The predicted molar refractivity (Wildman–Crippen MR) is 192 cm³/mol. The Kier molecular flexibility index (Phi) is 8.14. The molecule has 1 amide bonds. The van der Waals surface area contributed by atoms with Crippen LogP contribution in [0.2, 0.25) is 0 Å². The molecule has 7 aromatic carbocycles. The number of fused-ring (bicyclic) bond motifs is 2. The Labute approximate surface area is 279 Å². The fourth-order valence-electron chi connectivity index (χ4n) is 7.39. The third-order valence-electron chi connectivity index (χ3n) is 9.61. The fraction of sp³-hybridized carbons (Fsp3) is 0.186. The highest BCUT2D eigenvalue weighted by Crippen LogP contribution is 2.44. The lowest BCUT2D eigenvalue weighted by atomic mass is 9.83. The Bertz CT molecular complexity index is 2380. The van der Waals surface area contributed by atoms with Gasteiger partial charge in [-0.2, -0.15) is 0 Å². The van der Waals surface area contributed by atoms with Crippen molar-refractivity contribution >= 4 is 60.7 Å². The summed E-state index contributed by atoms with van der Waals surface area (Å²) in [6.07, 6.45) is 2.45. The smallest absolute Gasteiger partial charge is 0.251 e. The molecule has 0 heterocycles. The van der Waals surface area contributed by atoms with Crippen LogP contribution >= 0.6 is 0 Å². The number of carbonyl (C=O) groups excluding carboxylic acids is 3. The highest BCUT2D eigenvalue weighted by atomic mass is 16.4. The molecule has 238 valence electrons. The minimum absolute atomic E-state index is 0.00838. The van der Waals surface area contributed by atoms with E-state index < -0.39 is 5.97 Å².